The van der Waals surface area contributed by atoms with E-state index in [1.807, 2.05) is 29.6 Å². The Morgan fingerprint density at radius 3 is 2.43 bits per heavy atom. The SMILES string of the molecule is C[C@@H](Nc1ccc(OC2CCCC2)cc1)C(=O)NC(N)=O. The highest BCUT2D eigenvalue weighted by atomic mass is 16.5. The number of carbonyl (C=O) groups excluding carboxylic acids is 2. The quantitative estimate of drug-likeness (QED) is 0.773. The zero-order valence-electron chi connectivity index (χ0n) is 12.1. The van der Waals surface area contributed by atoms with Crippen molar-refractivity contribution in [3.63, 3.8) is 0 Å². The molecule has 1 atom stereocenters. The number of nitrogens with one attached hydrogen (secondary N) is 2. The zero-order valence-corrected chi connectivity index (χ0v) is 12.1. The monoisotopic (exact) mass is 291 g/mol. The molecule has 0 aliphatic heterocycles. The maximum absolute atomic E-state index is 11.6. The fourth-order valence-electron chi connectivity index (χ4n) is 2.37. The molecule has 0 heterocycles. The third kappa shape index (κ3) is 4.66. The molecular formula is C15H21N3O3. The van der Waals surface area contributed by atoms with Gasteiger partial charge in [0, 0.05) is 5.69 Å². The average molecular weight is 291 g/mol. The molecule has 1 aliphatic carbocycles. The molecule has 0 unspecified atom stereocenters. The number of urea groups is 1. The summed E-state index contributed by atoms with van der Waals surface area (Å²) in [6, 6.07) is 6.03. The Hall–Kier alpha value is -2.24. The molecule has 1 aliphatic rings. The number of carbonyl (C=O) groups is 2. The Labute approximate surface area is 124 Å². The normalized spacial score (nSPS) is 16.2. The Kier molecular flexibility index (Phi) is 5.03. The van der Waals surface area contributed by atoms with Gasteiger partial charge in [-0.25, -0.2) is 4.79 Å². The number of imide groups is 1. The van der Waals surface area contributed by atoms with Gasteiger partial charge in [-0.3, -0.25) is 10.1 Å². The van der Waals surface area contributed by atoms with Crippen molar-refractivity contribution in [2.75, 3.05) is 5.32 Å². The second-order valence-corrected chi connectivity index (χ2v) is 5.27. The molecule has 0 saturated heterocycles. The predicted octanol–water partition coefficient (Wildman–Crippen LogP) is 2.00. The van der Waals surface area contributed by atoms with Crippen LogP contribution in [0.2, 0.25) is 0 Å². The summed E-state index contributed by atoms with van der Waals surface area (Å²) < 4.78 is 5.87. The van der Waals surface area contributed by atoms with E-state index in [1.165, 1.54) is 12.8 Å². The van der Waals surface area contributed by atoms with Crippen LogP contribution in [0.1, 0.15) is 32.6 Å². The third-order valence-electron chi connectivity index (χ3n) is 3.48. The molecular weight excluding hydrogens is 270 g/mol. The molecule has 0 bridgehead atoms. The van der Waals surface area contributed by atoms with E-state index in [-0.39, 0.29) is 0 Å². The van der Waals surface area contributed by atoms with Crippen molar-refractivity contribution in [2.24, 2.45) is 5.73 Å². The average Bonchev–Trinajstić information content (AvgIpc) is 2.93. The molecule has 1 fully saturated rings. The fourth-order valence-corrected chi connectivity index (χ4v) is 2.37. The van der Waals surface area contributed by atoms with Gasteiger partial charge in [0.15, 0.2) is 0 Å². The first-order valence-corrected chi connectivity index (χ1v) is 7.18. The number of hydrogen-bond acceptors (Lipinski definition) is 4. The van der Waals surface area contributed by atoms with Crippen LogP contribution in [0.4, 0.5) is 10.5 Å². The number of benzene rings is 1. The minimum atomic E-state index is -0.853. The van der Waals surface area contributed by atoms with Crippen LogP contribution in [0.3, 0.4) is 0 Å². The number of hydrogen-bond donors (Lipinski definition) is 3. The van der Waals surface area contributed by atoms with Gasteiger partial charge in [0.25, 0.3) is 0 Å². The minimum absolute atomic E-state index is 0.323. The van der Waals surface area contributed by atoms with Gasteiger partial charge in [-0.05, 0) is 56.9 Å². The summed E-state index contributed by atoms with van der Waals surface area (Å²) in [7, 11) is 0. The lowest BCUT2D eigenvalue weighted by Gasteiger charge is -2.16. The van der Waals surface area contributed by atoms with Gasteiger partial charge in [0.05, 0.1) is 6.10 Å². The standard InChI is InChI=1S/C15H21N3O3/c1-10(14(19)18-15(16)20)17-11-6-8-13(9-7-11)21-12-4-2-3-5-12/h6-10,12,17H,2-5H2,1H3,(H3,16,18,19,20)/t10-/m1/s1. The summed E-state index contributed by atoms with van der Waals surface area (Å²) in [6.07, 6.45) is 5.02. The Bertz CT molecular complexity index is 495. The number of primary amides is 1. The molecule has 3 amide bonds. The first-order chi connectivity index (χ1) is 10.0. The van der Waals surface area contributed by atoms with E-state index in [1.54, 1.807) is 6.92 Å². The van der Waals surface area contributed by atoms with Gasteiger partial charge in [0.1, 0.15) is 11.8 Å². The van der Waals surface area contributed by atoms with Gasteiger partial charge < -0.3 is 15.8 Å². The van der Waals surface area contributed by atoms with Crippen LogP contribution in [0.25, 0.3) is 0 Å². The van der Waals surface area contributed by atoms with E-state index < -0.39 is 18.0 Å². The molecule has 0 radical (unpaired) electrons. The lowest BCUT2D eigenvalue weighted by molar-refractivity contribution is -0.120. The molecule has 1 aromatic carbocycles. The van der Waals surface area contributed by atoms with Crippen molar-refractivity contribution in [2.45, 2.75) is 44.8 Å². The number of nitrogens with two attached hydrogens (primary N) is 1. The molecule has 114 valence electrons. The number of rotatable bonds is 5. The summed E-state index contributed by atoms with van der Waals surface area (Å²) in [5.74, 6) is 0.371. The third-order valence-corrected chi connectivity index (χ3v) is 3.48. The molecule has 4 N–H and O–H groups in total. The summed E-state index contributed by atoms with van der Waals surface area (Å²) >= 11 is 0. The molecule has 0 spiro atoms. The lowest BCUT2D eigenvalue weighted by Crippen LogP contribution is -2.43. The first-order valence-electron chi connectivity index (χ1n) is 7.18. The van der Waals surface area contributed by atoms with E-state index in [0.717, 1.165) is 24.3 Å². The largest absolute Gasteiger partial charge is 0.490 e. The van der Waals surface area contributed by atoms with Gasteiger partial charge in [-0.2, -0.15) is 0 Å². The van der Waals surface area contributed by atoms with Gasteiger partial charge in [-0.15, -0.1) is 0 Å². The molecule has 0 aromatic heterocycles. The van der Waals surface area contributed by atoms with Crippen LogP contribution in [0.15, 0.2) is 24.3 Å². The molecule has 21 heavy (non-hydrogen) atoms. The van der Waals surface area contributed by atoms with Crippen molar-refractivity contribution in [1.82, 2.24) is 5.32 Å². The highest BCUT2D eigenvalue weighted by Gasteiger charge is 2.17. The van der Waals surface area contributed by atoms with E-state index in [4.69, 9.17) is 10.5 Å². The van der Waals surface area contributed by atoms with Crippen molar-refractivity contribution in [3.05, 3.63) is 24.3 Å². The summed E-state index contributed by atoms with van der Waals surface area (Å²) in [5, 5.41) is 5.03. The predicted molar refractivity (Wildman–Crippen MR) is 80.1 cm³/mol. The summed E-state index contributed by atoms with van der Waals surface area (Å²) in [6.45, 7) is 1.65. The van der Waals surface area contributed by atoms with E-state index in [9.17, 15) is 9.59 Å². The maximum Gasteiger partial charge on any atom is 0.318 e. The van der Waals surface area contributed by atoms with Gasteiger partial charge in [0.2, 0.25) is 5.91 Å². The van der Waals surface area contributed by atoms with Gasteiger partial charge in [-0.1, -0.05) is 0 Å². The Morgan fingerprint density at radius 1 is 1.24 bits per heavy atom. The molecule has 2 rings (SSSR count). The minimum Gasteiger partial charge on any atom is -0.490 e. The maximum atomic E-state index is 11.6. The van der Waals surface area contributed by atoms with Crippen molar-refractivity contribution in [1.29, 1.82) is 0 Å². The molecule has 6 nitrogen and oxygen atoms in total. The fraction of sp³-hybridized carbons (Fsp3) is 0.467. The van der Waals surface area contributed by atoms with Crippen LogP contribution in [-0.4, -0.2) is 24.1 Å². The second-order valence-electron chi connectivity index (χ2n) is 5.27. The van der Waals surface area contributed by atoms with Crippen LogP contribution >= 0.6 is 0 Å². The Balaban J connectivity index is 1.86. The van der Waals surface area contributed by atoms with Crippen LogP contribution in [-0.2, 0) is 4.79 Å². The smallest absolute Gasteiger partial charge is 0.318 e. The van der Waals surface area contributed by atoms with Gasteiger partial charge >= 0.3 is 6.03 Å². The van der Waals surface area contributed by atoms with Crippen LogP contribution in [0, 0.1) is 0 Å². The Morgan fingerprint density at radius 2 is 1.86 bits per heavy atom. The molecule has 6 heteroatoms. The van der Waals surface area contributed by atoms with Crippen LogP contribution < -0.4 is 21.1 Å². The number of ether oxygens (including phenoxy) is 1. The van der Waals surface area contributed by atoms with E-state index in [2.05, 4.69) is 5.32 Å². The highest BCUT2D eigenvalue weighted by Crippen LogP contribution is 2.25. The van der Waals surface area contributed by atoms with E-state index in [0.29, 0.717) is 6.10 Å². The number of amides is 3. The summed E-state index contributed by atoms with van der Waals surface area (Å²) in [4.78, 5) is 22.2. The van der Waals surface area contributed by atoms with Crippen molar-refractivity contribution < 1.29 is 14.3 Å². The lowest BCUT2D eigenvalue weighted by atomic mass is 10.2. The van der Waals surface area contributed by atoms with Crippen molar-refractivity contribution >= 4 is 17.6 Å². The van der Waals surface area contributed by atoms with Crippen LogP contribution in [0.5, 0.6) is 5.75 Å². The molecule has 1 aromatic rings. The van der Waals surface area contributed by atoms with E-state index >= 15 is 0 Å². The number of anilines is 1. The molecule has 1 saturated carbocycles. The zero-order chi connectivity index (χ0) is 15.2. The topological polar surface area (TPSA) is 93.4 Å². The van der Waals surface area contributed by atoms with Crippen molar-refractivity contribution in [3.8, 4) is 5.75 Å². The first kappa shape index (κ1) is 15.2. The highest BCUT2D eigenvalue weighted by molar-refractivity contribution is 5.97. The summed E-state index contributed by atoms with van der Waals surface area (Å²) in [5.41, 5.74) is 5.69. The second kappa shape index (κ2) is 6.97.